The third kappa shape index (κ3) is 3.09. The average molecular weight is 353 g/mol. The standard InChI is InChI=1S/C14H19N5O4S/c1-16-14(20)19-7-3-4-9(19)8-23-11-6-2-5-10-12(11)13(15)18-24(21,22)17-10/h2,5-6,9,17H,3-4,7-8H2,1H3,(H2,15,18)(H,16,20). The van der Waals surface area contributed by atoms with E-state index in [4.69, 9.17) is 10.5 Å². The molecule has 2 aliphatic heterocycles. The smallest absolute Gasteiger partial charge is 0.344 e. The molecule has 3 rings (SSSR count). The summed E-state index contributed by atoms with van der Waals surface area (Å²) in [6.45, 7) is 0.980. The van der Waals surface area contributed by atoms with Crippen LogP contribution in [0.25, 0.3) is 0 Å². The number of amidine groups is 1. The number of nitrogens with zero attached hydrogens (tertiary/aromatic N) is 2. The quantitative estimate of drug-likeness (QED) is 0.718. The lowest BCUT2D eigenvalue weighted by Gasteiger charge is -2.25. The van der Waals surface area contributed by atoms with Gasteiger partial charge in [-0.3, -0.25) is 4.72 Å². The maximum absolute atomic E-state index is 11.8. The average Bonchev–Trinajstić information content (AvgIpc) is 2.99. The van der Waals surface area contributed by atoms with Gasteiger partial charge in [0.25, 0.3) is 0 Å². The molecule has 9 nitrogen and oxygen atoms in total. The van der Waals surface area contributed by atoms with Crippen LogP contribution in [-0.4, -0.2) is 51.4 Å². The molecule has 10 heteroatoms. The highest BCUT2D eigenvalue weighted by atomic mass is 32.2. The zero-order valence-corrected chi connectivity index (χ0v) is 14.0. The summed E-state index contributed by atoms with van der Waals surface area (Å²) in [5.41, 5.74) is 6.52. The summed E-state index contributed by atoms with van der Waals surface area (Å²) in [6, 6.07) is 4.78. The summed E-state index contributed by atoms with van der Waals surface area (Å²) < 4.78 is 34.8. The molecule has 0 radical (unpaired) electrons. The molecule has 0 bridgehead atoms. The van der Waals surface area contributed by atoms with Crippen molar-refractivity contribution in [1.29, 1.82) is 0 Å². The van der Waals surface area contributed by atoms with Gasteiger partial charge in [-0.15, -0.1) is 4.40 Å². The highest BCUT2D eigenvalue weighted by Gasteiger charge is 2.30. The first-order valence-electron chi connectivity index (χ1n) is 7.54. The molecule has 1 unspecified atom stereocenters. The van der Waals surface area contributed by atoms with E-state index in [1.807, 2.05) is 0 Å². The number of fused-ring (bicyclic) bond motifs is 1. The molecular weight excluding hydrogens is 334 g/mol. The minimum absolute atomic E-state index is 0.0424. The van der Waals surface area contributed by atoms with Gasteiger partial charge in [-0.05, 0) is 25.0 Å². The van der Waals surface area contributed by atoms with Gasteiger partial charge < -0.3 is 20.7 Å². The van der Waals surface area contributed by atoms with E-state index < -0.39 is 10.2 Å². The van der Waals surface area contributed by atoms with Crippen LogP contribution in [0.2, 0.25) is 0 Å². The minimum atomic E-state index is -3.82. The molecule has 0 saturated carbocycles. The van der Waals surface area contributed by atoms with Gasteiger partial charge in [-0.1, -0.05) is 6.07 Å². The van der Waals surface area contributed by atoms with Crippen LogP contribution in [0.3, 0.4) is 0 Å². The van der Waals surface area contributed by atoms with Crippen LogP contribution in [0.15, 0.2) is 22.6 Å². The van der Waals surface area contributed by atoms with Gasteiger partial charge in [0.15, 0.2) is 5.84 Å². The fraction of sp³-hybridized carbons (Fsp3) is 0.429. The third-order valence-corrected chi connectivity index (χ3v) is 4.94. The van der Waals surface area contributed by atoms with Crippen molar-refractivity contribution in [3.8, 4) is 5.75 Å². The minimum Gasteiger partial charge on any atom is -0.491 e. The van der Waals surface area contributed by atoms with Crippen molar-refractivity contribution in [3.63, 3.8) is 0 Å². The summed E-state index contributed by atoms with van der Waals surface area (Å²) in [5.74, 6) is 0.314. The number of hydrogen-bond acceptors (Lipinski definition) is 5. The number of nitrogens with two attached hydrogens (primary N) is 1. The van der Waals surface area contributed by atoms with Crippen molar-refractivity contribution < 1.29 is 17.9 Å². The van der Waals surface area contributed by atoms with Crippen LogP contribution >= 0.6 is 0 Å². The Kier molecular flexibility index (Phi) is 4.22. The Morgan fingerprint density at radius 3 is 3.08 bits per heavy atom. The Balaban J connectivity index is 1.79. The fourth-order valence-electron chi connectivity index (χ4n) is 2.94. The summed E-state index contributed by atoms with van der Waals surface area (Å²) in [6.07, 6.45) is 1.76. The van der Waals surface area contributed by atoms with E-state index in [0.717, 1.165) is 12.8 Å². The maximum atomic E-state index is 11.8. The molecule has 0 aromatic heterocycles. The Morgan fingerprint density at radius 1 is 1.54 bits per heavy atom. The number of urea groups is 1. The Labute approximate surface area is 140 Å². The number of benzene rings is 1. The SMILES string of the molecule is CNC(=O)N1CCCC1COc1cccc2c1C(N)=NS(=O)(=O)N2. The van der Waals surface area contributed by atoms with Crippen molar-refractivity contribution in [3.05, 3.63) is 23.8 Å². The highest BCUT2D eigenvalue weighted by molar-refractivity contribution is 7.91. The largest absolute Gasteiger partial charge is 0.491 e. The molecule has 24 heavy (non-hydrogen) atoms. The van der Waals surface area contributed by atoms with E-state index in [1.165, 1.54) is 0 Å². The van der Waals surface area contributed by atoms with E-state index in [0.29, 0.717) is 30.2 Å². The van der Waals surface area contributed by atoms with Gasteiger partial charge in [-0.25, -0.2) is 4.79 Å². The van der Waals surface area contributed by atoms with Crippen LogP contribution in [0.4, 0.5) is 10.5 Å². The predicted molar refractivity (Wildman–Crippen MR) is 89.4 cm³/mol. The van der Waals surface area contributed by atoms with Crippen LogP contribution < -0.4 is 20.5 Å². The third-order valence-electron chi connectivity index (χ3n) is 4.02. The molecule has 1 fully saturated rings. The molecule has 2 aliphatic rings. The molecule has 130 valence electrons. The number of likely N-dealkylation sites (tertiary alicyclic amines) is 1. The number of amides is 2. The molecule has 1 aromatic rings. The van der Waals surface area contributed by atoms with Gasteiger partial charge in [0.05, 0.1) is 17.3 Å². The Hall–Kier alpha value is -2.49. The van der Waals surface area contributed by atoms with Gasteiger partial charge >= 0.3 is 16.2 Å². The fourth-order valence-corrected chi connectivity index (χ4v) is 3.79. The molecule has 1 atom stereocenters. The van der Waals surface area contributed by atoms with Crippen molar-refractivity contribution >= 4 is 27.8 Å². The summed E-state index contributed by atoms with van der Waals surface area (Å²) in [4.78, 5) is 13.6. The van der Waals surface area contributed by atoms with Crippen LogP contribution in [0.1, 0.15) is 18.4 Å². The molecule has 2 amide bonds. The molecule has 4 N–H and O–H groups in total. The first-order chi connectivity index (χ1) is 11.4. The van der Waals surface area contributed by atoms with E-state index in [1.54, 1.807) is 30.1 Å². The van der Waals surface area contributed by atoms with Gasteiger partial charge in [0.1, 0.15) is 12.4 Å². The first kappa shape index (κ1) is 16.4. The number of hydrogen-bond donors (Lipinski definition) is 3. The zero-order valence-electron chi connectivity index (χ0n) is 13.2. The van der Waals surface area contributed by atoms with Crippen molar-refractivity contribution in [2.75, 3.05) is 24.9 Å². The van der Waals surface area contributed by atoms with Crippen molar-refractivity contribution in [2.24, 2.45) is 10.1 Å². The number of anilines is 1. The molecular formula is C14H19N5O4S. The van der Waals surface area contributed by atoms with Crippen LogP contribution in [0.5, 0.6) is 5.75 Å². The van der Waals surface area contributed by atoms with Gasteiger partial charge in [0.2, 0.25) is 0 Å². The lowest BCUT2D eigenvalue weighted by molar-refractivity contribution is 0.167. The van der Waals surface area contributed by atoms with Crippen LogP contribution in [-0.2, 0) is 10.2 Å². The first-order valence-corrected chi connectivity index (χ1v) is 8.98. The second-order valence-electron chi connectivity index (χ2n) is 5.59. The molecule has 1 aromatic carbocycles. The van der Waals surface area contributed by atoms with E-state index >= 15 is 0 Å². The lowest BCUT2D eigenvalue weighted by atomic mass is 10.1. The van der Waals surface area contributed by atoms with Crippen LogP contribution in [0, 0.1) is 0 Å². The normalized spacial score (nSPS) is 21.5. The molecule has 1 saturated heterocycles. The summed E-state index contributed by atoms with van der Waals surface area (Å²) >= 11 is 0. The van der Waals surface area contributed by atoms with Gasteiger partial charge in [-0.2, -0.15) is 8.42 Å². The number of ether oxygens (including phenoxy) is 1. The summed E-state index contributed by atoms with van der Waals surface area (Å²) in [5, 5.41) is 2.62. The second kappa shape index (κ2) is 6.19. The number of nitrogens with one attached hydrogen (secondary N) is 2. The molecule has 2 heterocycles. The highest BCUT2D eigenvalue weighted by Crippen LogP contribution is 2.31. The van der Waals surface area contributed by atoms with Crippen molar-refractivity contribution in [1.82, 2.24) is 10.2 Å². The molecule has 0 aliphatic carbocycles. The van der Waals surface area contributed by atoms with E-state index in [9.17, 15) is 13.2 Å². The molecule has 0 spiro atoms. The number of carbonyl (C=O) groups excluding carboxylic acids is 1. The second-order valence-corrected chi connectivity index (χ2v) is 6.92. The maximum Gasteiger partial charge on any atom is 0.344 e. The Morgan fingerprint density at radius 2 is 2.33 bits per heavy atom. The topological polar surface area (TPSA) is 126 Å². The van der Waals surface area contributed by atoms with E-state index in [2.05, 4.69) is 14.4 Å². The monoisotopic (exact) mass is 353 g/mol. The number of rotatable bonds is 3. The zero-order chi connectivity index (χ0) is 17.3. The van der Waals surface area contributed by atoms with Crippen molar-refractivity contribution in [2.45, 2.75) is 18.9 Å². The number of carbonyl (C=O) groups is 1. The van der Waals surface area contributed by atoms with Gasteiger partial charge in [0, 0.05) is 13.6 Å². The lowest BCUT2D eigenvalue weighted by Crippen LogP contribution is -2.43. The summed E-state index contributed by atoms with van der Waals surface area (Å²) in [7, 11) is -2.23. The van der Waals surface area contributed by atoms with E-state index in [-0.39, 0.29) is 17.9 Å². The predicted octanol–water partition coefficient (Wildman–Crippen LogP) is 0.245. The Bertz CT molecular complexity index is 792.